The molecule has 1 aromatic carbocycles. The van der Waals surface area contributed by atoms with Crippen LogP contribution in [0.2, 0.25) is 0 Å². The second-order valence-electron chi connectivity index (χ2n) is 4.48. The van der Waals surface area contributed by atoms with E-state index in [1.54, 1.807) is 11.8 Å². The number of ether oxygens (including phenoxy) is 2. The van der Waals surface area contributed by atoms with Crippen molar-refractivity contribution in [2.75, 3.05) is 32.6 Å². The van der Waals surface area contributed by atoms with Crippen molar-refractivity contribution in [3.63, 3.8) is 0 Å². The van der Waals surface area contributed by atoms with E-state index < -0.39 is 0 Å². The average molecular weight is 282 g/mol. The fraction of sp³-hybridized carbons (Fsp3) is 0.571. The summed E-state index contributed by atoms with van der Waals surface area (Å²) < 4.78 is 11.2. The van der Waals surface area contributed by atoms with Crippen molar-refractivity contribution in [1.82, 2.24) is 5.32 Å². The summed E-state index contributed by atoms with van der Waals surface area (Å²) >= 11 is 1.74. The zero-order chi connectivity index (χ0) is 13.5. The van der Waals surface area contributed by atoms with Crippen LogP contribution in [0.1, 0.15) is 18.4 Å². The van der Waals surface area contributed by atoms with Crippen LogP contribution in [0.4, 0.5) is 0 Å². The highest BCUT2D eigenvalue weighted by molar-refractivity contribution is 7.98. The van der Waals surface area contributed by atoms with Crippen molar-refractivity contribution >= 4 is 11.8 Å². The fourth-order valence-electron chi connectivity index (χ4n) is 2.06. The number of unbranched alkanes of at least 4 members (excludes halogenated alkanes) is 1. The fourth-order valence-corrected chi connectivity index (χ4v) is 2.68. The maximum Gasteiger partial charge on any atom is 0.162 e. The summed E-state index contributed by atoms with van der Waals surface area (Å²) in [5.41, 5.74) is 6.75. The molecule has 3 N–H and O–H groups in total. The van der Waals surface area contributed by atoms with Gasteiger partial charge in [-0.1, -0.05) is 0 Å². The molecule has 0 fully saturated rings. The van der Waals surface area contributed by atoms with Crippen LogP contribution in [0.25, 0.3) is 0 Å². The van der Waals surface area contributed by atoms with Gasteiger partial charge >= 0.3 is 0 Å². The highest BCUT2D eigenvalue weighted by atomic mass is 32.2. The van der Waals surface area contributed by atoms with Crippen LogP contribution >= 0.6 is 11.8 Å². The molecule has 2 rings (SSSR count). The molecule has 0 saturated carbocycles. The van der Waals surface area contributed by atoms with Gasteiger partial charge in [-0.15, -0.1) is 11.8 Å². The number of hydrogen-bond donors (Lipinski definition) is 2. The van der Waals surface area contributed by atoms with Gasteiger partial charge in [0.05, 0.1) is 0 Å². The van der Waals surface area contributed by atoms with Crippen LogP contribution in [0.15, 0.2) is 17.0 Å². The number of rotatable bonds is 7. The van der Waals surface area contributed by atoms with Gasteiger partial charge in [-0.3, -0.25) is 0 Å². The smallest absolute Gasteiger partial charge is 0.162 e. The van der Waals surface area contributed by atoms with E-state index in [9.17, 15) is 0 Å². The number of benzene rings is 1. The minimum atomic E-state index is 0.634. The van der Waals surface area contributed by atoms with Crippen molar-refractivity contribution in [1.29, 1.82) is 0 Å². The molecule has 5 heteroatoms. The molecule has 1 aliphatic rings. The molecule has 1 aliphatic heterocycles. The number of nitrogens with two attached hydrogens (primary N) is 1. The average Bonchev–Trinajstić information content (AvgIpc) is 2.46. The maximum atomic E-state index is 5.63. The normalized spacial score (nSPS) is 13.6. The summed E-state index contributed by atoms with van der Waals surface area (Å²) in [4.78, 5) is 1.25. The van der Waals surface area contributed by atoms with Gasteiger partial charge in [-0.05, 0) is 49.9 Å². The van der Waals surface area contributed by atoms with Crippen LogP contribution in [-0.2, 0) is 6.54 Å². The molecule has 0 atom stereocenters. The van der Waals surface area contributed by atoms with Gasteiger partial charge in [0.1, 0.15) is 13.2 Å². The lowest BCUT2D eigenvalue weighted by Gasteiger charge is -2.21. The number of nitrogens with one attached hydrogen (secondary N) is 1. The Labute approximate surface area is 119 Å². The Morgan fingerprint density at radius 3 is 2.63 bits per heavy atom. The molecule has 1 heterocycles. The Hall–Kier alpha value is -0.910. The van der Waals surface area contributed by atoms with E-state index in [-0.39, 0.29) is 0 Å². The molecule has 0 bridgehead atoms. The molecule has 106 valence electrons. The lowest BCUT2D eigenvalue weighted by Crippen LogP contribution is -2.18. The first-order valence-electron chi connectivity index (χ1n) is 6.72. The largest absolute Gasteiger partial charge is 0.486 e. The Bertz CT molecular complexity index is 413. The van der Waals surface area contributed by atoms with Gasteiger partial charge in [0.25, 0.3) is 0 Å². The van der Waals surface area contributed by atoms with Crippen LogP contribution in [0.3, 0.4) is 0 Å². The minimum Gasteiger partial charge on any atom is -0.486 e. The predicted octanol–water partition coefficient (Wildman–Crippen LogP) is 2.01. The Balaban J connectivity index is 1.98. The van der Waals surface area contributed by atoms with Gasteiger partial charge in [-0.25, -0.2) is 0 Å². The summed E-state index contributed by atoms with van der Waals surface area (Å²) in [7, 11) is 0. The Kier molecular flexibility index (Phi) is 5.82. The summed E-state index contributed by atoms with van der Waals surface area (Å²) in [5.74, 6) is 1.73. The first-order valence-corrected chi connectivity index (χ1v) is 7.95. The van der Waals surface area contributed by atoms with Crippen molar-refractivity contribution in [2.24, 2.45) is 5.73 Å². The van der Waals surface area contributed by atoms with Gasteiger partial charge in [0.15, 0.2) is 11.5 Å². The molecule has 0 spiro atoms. The van der Waals surface area contributed by atoms with Gasteiger partial charge in [0.2, 0.25) is 0 Å². The van der Waals surface area contributed by atoms with Crippen LogP contribution < -0.4 is 20.5 Å². The van der Waals surface area contributed by atoms with Crippen LogP contribution in [0, 0.1) is 0 Å². The maximum absolute atomic E-state index is 5.63. The quantitative estimate of drug-likeness (QED) is 0.592. The second kappa shape index (κ2) is 7.62. The number of fused-ring (bicyclic) bond motifs is 1. The predicted molar refractivity (Wildman–Crippen MR) is 79.2 cm³/mol. The summed E-state index contributed by atoms with van der Waals surface area (Å²) in [5, 5.41) is 3.45. The van der Waals surface area contributed by atoms with E-state index in [0.717, 1.165) is 44.0 Å². The summed E-state index contributed by atoms with van der Waals surface area (Å²) in [6.07, 6.45) is 4.28. The Morgan fingerprint density at radius 2 is 1.95 bits per heavy atom. The van der Waals surface area contributed by atoms with Gasteiger partial charge in [0, 0.05) is 11.4 Å². The van der Waals surface area contributed by atoms with E-state index in [0.29, 0.717) is 13.2 Å². The minimum absolute atomic E-state index is 0.634. The monoisotopic (exact) mass is 282 g/mol. The topological polar surface area (TPSA) is 56.5 Å². The van der Waals surface area contributed by atoms with E-state index in [4.69, 9.17) is 15.2 Å². The van der Waals surface area contributed by atoms with Crippen molar-refractivity contribution in [2.45, 2.75) is 24.3 Å². The lowest BCUT2D eigenvalue weighted by atomic mass is 10.2. The second-order valence-corrected chi connectivity index (χ2v) is 5.33. The molecule has 0 radical (unpaired) electrons. The molecule has 0 aliphatic carbocycles. The van der Waals surface area contributed by atoms with Crippen molar-refractivity contribution in [3.05, 3.63) is 17.7 Å². The number of hydrogen-bond acceptors (Lipinski definition) is 5. The molecular weight excluding hydrogens is 260 g/mol. The Morgan fingerprint density at radius 1 is 1.21 bits per heavy atom. The van der Waals surface area contributed by atoms with E-state index in [1.165, 1.54) is 10.5 Å². The van der Waals surface area contributed by atoms with Gasteiger partial charge < -0.3 is 20.5 Å². The van der Waals surface area contributed by atoms with Crippen LogP contribution in [-0.4, -0.2) is 32.6 Å². The third-order valence-electron chi connectivity index (χ3n) is 3.07. The molecular formula is C14H22N2O2S. The standard InChI is InChI=1S/C14H22N2O2S/c1-19-14-9-13-12(17-6-7-18-13)8-11(14)10-16-5-3-2-4-15/h8-9,16H,2-7,10,15H2,1H3. The summed E-state index contributed by atoms with van der Waals surface area (Å²) in [6.45, 7) is 3.89. The van der Waals surface area contributed by atoms with E-state index >= 15 is 0 Å². The third kappa shape index (κ3) is 4.03. The highest BCUT2D eigenvalue weighted by Crippen LogP contribution is 2.36. The zero-order valence-electron chi connectivity index (χ0n) is 11.4. The SMILES string of the molecule is CSc1cc2c(cc1CNCCCCN)OCCO2. The zero-order valence-corrected chi connectivity index (χ0v) is 12.2. The van der Waals surface area contributed by atoms with Crippen molar-refractivity contribution in [3.8, 4) is 11.5 Å². The molecule has 0 unspecified atom stereocenters. The van der Waals surface area contributed by atoms with E-state index in [2.05, 4.69) is 23.7 Å². The molecule has 1 aromatic rings. The molecule has 0 aromatic heterocycles. The lowest BCUT2D eigenvalue weighted by molar-refractivity contribution is 0.171. The summed E-state index contributed by atoms with van der Waals surface area (Å²) in [6, 6.07) is 4.17. The van der Waals surface area contributed by atoms with Crippen molar-refractivity contribution < 1.29 is 9.47 Å². The molecule has 19 heavy (non-hydrogen) atoms. The molecule has 0 saturated heterocycles. The number of thioether (sulfide) groups is 1. The molecule has 4 nitrogen and oxygen atoms in total. The van der Waals surface area contributed by atoms with Crippen LogP contribution in [0.5, 0.6) is 11.5 Å². The van der Waals surface area contributed by atoms with E-state index in [1.807, 2.05) is 0 Å². The first kappa shape index (κ1) is 14.5. The molecule has 0 amide bonds. The highest BCUT2D eigenvalue weighted by Gasteiger charge is 2.15. The first-order chi connectivity index (χ1) is 9.35. The third-order valence-corrected chi connectivity index (χ3v) is 3.89. The van der Waals surface area contributed by atoms with Gasteiger partial charge in [-0.2, -0.15) is 0 Å².